The summed E-state index contributed by atoms with van der Waals surface area (Å²) in [7, 11) is 2.26. The fraction of sp³-hybridized carbons (Fsp3) is 0.538. The van der Waals surface area contributed by atoms with Crippen molar-refractivity contribution >= 4 is 33.3 Å². The van der Waals surface area contributed by atoms with Crippen LogP contribution in [0.2, 0.25) is 0 Å². The molecule has 3 aromatic rings. The molecule has 3 unspecified atom stereocenters. The molecule has 0 spiro atoms. The van der Waals surface area contributed by atoms with Crippen molar-refractivity contribution in [2.24, 2.45) is 0 Å². The van der Waals surface area contributed by atoms with Crippen LogP contribution in [0.25, 0.3) is 10.9 Å². The first kappa shape index (κ1) is 22.4. The average Bonchev–Trinajstić information content (AvgIpc) is 3.45. The molecular weight excluding hydrogens is 430 g/mol. The molecule has 2 aromatic heterocycles. The van der Waals surface area contributed by atoms with Gasteiger partial charge in [0.25, 0.3) is 5.91 Å². The van der Waals surface area contributed by atoms with Crippen LogP contribution in [0.4, 0.5) is 5.13 Å². The number of fused-ring (bicyclic) bond motifs is 3. The zero-order valence-electron chi connectivity index (χ0n) is 19.7. The smallest absolute Gasteiger partial charge is 0.263 e. The van der Waals surface area contributed by atoms with E-state index in [0.717, 1.165) is 54.3 Å². The largest absolute Gasteiger partial charge is 0.361 e. The number of carbonyl (C=O) groups is 1. The van der Waals surface area contributed by atoms with Gasteiger partial charge in [-0.1, -0.05) is 55.7 Å². The van der Waals surface area contributed by atoms with Crippen LogP contribution in [0.5, 0.6) is 0 Å². The second-order valence-electron chi connectivity index (χ2n) is 9.69. The Labute approximate surface area is 200 Å². The molecule has 6 nitrogen and oxygen atoms in total. The van der Waals surface area contributed by atoms with Gasteiger partial charge in [-0.05, 0) is 44.4 Å². The molecule has 4 heterocycles. The molecule has 0 radical (unpaired) electrons. The summed E-state index contributed by atoms with van der Waals surface area (Å²) in [5, 5.41) is 5.56. The molecule has 33 heavy (non-hydrogen) atoms. The monoisotopic (exact) mass is 465 g/mol. The number of piperazine rings is 1. The Morgan fingerprint density at radius 2 is 2.06 bits per heavy atom. The van der Waals surface area contributed by atoms with Gasteiger partial charge in [0.05, 0.1) is 6.20 Å². The van der Waals surface area contributed by atoms with Gasteiger partial charge in [0.1, 0.15) is 4.88 Å². The maximum absolute atomic E-state index is 13.2. The van der Waals surface area contributed by atoms with Gasteiger partial charge < -0.3 is 15.2 Å². The molecule has 5 rings (SSSR count). The molecule has 2 saturated heterocycles. The highest BCUT2D eigenvalue weighted by atomic mass is 32.1. The number of hydrogen-bond donors (Lipinski definition) is 2. The van der Waals surface area contributed by atoms with Crippen LogP contribution in [0, 0.1) is 0 Å². The maximum Gasteiger partial charge on any atom is 0.263 e. The lowest BCUT2D eigenvalue weighted by Gasteiger charge is -2.48. The van der Waals surface area contributed by atoms with Crippen molar-refractivity contribution in [3.05, 3.63) is 47.1 Å². The van der Waals surface area contributed by atoms with Crippen LogP contribution >= 0.6 is 11.3 Å². The van der Waals surface area contributed by atoms with Crippen LogP contribution < -0.4 is 10.2 Å². The second-order valence-corrected chi connectivity index (χ2v) is 10.7. The number of nitrogens with zero attached hydrogens (tertiary/aromatic N) is 3. The summed E-state index contributed by atoms with van der Waals surface area (Å²) in [4.78, 5) is 26.9. The molecule has 176 valence electrons. The van der Waals surface area contributed by atoms with E-state index in [4.69, 9.17) is 0 Å². The number of unbranched alkanes of at least 4 members (excludes halogenated alkanes) is 1. The number of para-hydroxylation sites is 1. The lowest BCUT2D eigenvalue weighted by molar-refractivity contribution is 0.0938. The number of anilines is 1. The topological polar surface area (TPSA) is 64.3 Å². The molecule has 2 N–H and O–H groups in total. The van der Waals surface area contributed by atoms with Gasteiger partial charge in [-0.25, -0.2) is 4.98 Å². The van der Waals surface area contributed by atoms with Crippen molar-refractivity contribution in [3.63, 3.8) is 0 Å². The number of benzene rings is 1. The van der Waals surface area contributed by atoms with Crippen LogP contribution in [0.3, 0.4) is 0 Å². The number of hydrogen-bond acceptors (Lipinski definition) is 5. The lowest BCUT2D eigenvalue weighted by Crippen LogP contribution is -2.59. The quantitative estimate of drug-likeness (QED) is 0.500. The summed E-state index contributed by atoms with van der Waals surface area (Å²) in [6.07, 6.45) is 11.7. The Hall–Kier alpha value is -2.38. The number of amides is 1. The molecule has 7 heteroatoms. The Kier molecular flexibility index (Phi) is 6.69. The molecule has 3 atom stereocenters. The summed E-state index contributed by atoms with van der Waals surface area (Å²) in [5.41, 5.74) is 2.41. The number of thiazole rings is 1. The first-order chi connectivity index (χ1) is 16.1. The van der Waals surface area contributed by atoms with Crippen molar-refractivity contribution in [2.45, 2.75) is 70.0 Å². The minimum absolute atomic E-state index is 0.00835. The van der Waals surface area contributed by atoms with E-state index >= 15 is 0 Å². The van der Waals surface area contributed by atoms with E-state index in [-0.39, 0.29) is 11.9 Å². The number of piperidine rings is 1. The predicted molar refractivity (Wildman–Crippen MR) is 136 cm³/mol. The maximum atomic E-state index is 13.2. The predicted octanol–water partition coefficient (Wildman–Crippen LogP) is 4.83. The molecule has 2 aliphatic rings. The van der Waals surface area contributed by atoms with E-state index in [1.807, 2.05) is 6.07 Å². The fourth-order valence-electron chi connectivity index (χ4n) is 5.49. The second kappa shape index (κ2) is 9.85. The van der Waals surface area contributed by atoms with Gasteiger partial charge >= 0.3 is 0 Å². The summed E-state index contributed by atoms with van der Waals surface area (Å²) in [5.74, 6) is 0.00835. The lowest BCUT2D eigenvalue weighted by atomic mass is 9.92. The first-order valence-corrected chi connectivity index (χ1v) is 13.2. The molecular formula is C26H35N5OS. The first-order valence-electron chi connectivity index (χ1n) is 12.4. The SMILES string of the molecule is CCCCC(Cc1c[nH]c2ccccc12)NC(=O)c1cnc(N2CC3CCCC(C2)N3C)s1. The van der Waals surface area contributed by atoms with Crippen LogP contribution in [-0.4, -0.2) is 59.0 Å². The Morgan fingerprint density at radius 3 is 2.85 bits per heavy atom. The number of aromatic nitrogens is 2. The van der Waals surface area contributed by atoms with Gasteiger partial charge in [-0.2, -0.15) is 0 Å². The van der Waals surface area contributed by atoms with Gasteiger partial charge in [-0.15, -0.1) is 0 Å². The number of likely N-dealkylation sites (N-methyl/N-ethyl adjacent to an activating group) is 1. The average molecular weight is 466 g/mol. The van der Waals surface area contributed by atoms with Crippen molar-refractivity contribution < 1.29 is 4.79 Å². The van der Waals surface area contributed by atoms with Gasteiger partial charge in [0.15, 0.2) is 5.13 Å². The number of aromatic amines is 1. The van der Waals surface area contributed by atoms with Gasteiger partial charge in [0.2, 0.25) is 0 Å². The Balaban J connectivity index is 1.26. The highest BCUT2D eigenvalue weighted by Gasteiger charge is 2.36. The van der Waals surface area contributed by atoms with Gasteiger partial charge in [0, 0.05) is 48.3 Å². The number of carbonyl (C=O) groups excluding carboxylic acids is 1. The van der Waals surface area contributed by atoms with Crippen molar-refractivity contribution in [1.82, 2.24) is 20.2 Å². The Morgan fingerprint density at radius 1 is 1.27 bits per heavy atom. The fourth-order valence-corrected chi connectivity index (χ4v) is 6.33. The molecule has 0 aliphatic carbocycles. The highest BCUT2D eigenvalue weighted by Crippen LogP contribution is 2.32. The van der Waals surface area contributed by atoms with E-state index in [2.05, 4.69) is 63.5 Å². The minimum atomic E-state index is 0.00835. The molecule has 2 bridgehead atoms. The summed E-state index contributed by atoms with van der Waals surface area (Å²) in [6.45, 7) is 4.23. The third-order valence-electron chi connectivity index (χ3n) is 7.46. The van der Waals surface area contributed by atoms with Crippen molar-refractivity contribution in [2.75, 3.05) is 25.0 Å². The summed E-state index contributed by atoms with van der Waals surface area (Å²) < 4.78 is 0. The van der Waals surface area contributed by atoms with Crippen LogP contribution in [0.15, 0.2) is 36.7 Å². The molecule has 1 aromatic carbocycles. The number of H-pyrrole nitrogens is 1. The van der Waals surface area contributed by atoms with Gasteiger partial charge in [-0.3, -0.25) is 9.69 Å². The Bertz CT molecular complexity index is 1080. The van der Waals surface area contributed by atoms with E-state index in [9.17, 15) is 4.79 Å². The van der Waals surface area contributed by atoms with Crippen LogP contribution in [0.1, 0.15) is 60.7 Å². The molecule has 1 amide bonds. The number of rotatable bonds is 8. The summed E-state index contributed by atoms with van der Waals surface area (Å²) in [6, 6.07) is 9.70. The molecule has 2 aliphatic heterocycles. The summed E-state index contributed by atoms with van der Waals surface area (Å²) >= 11 is 1.54. The van der Waals surface area contributed by atoms with E-state index in [1.165, 1.54) is 30.2 Å². The third-order valence-corrected chi connectivity index (χ3v) is 8.52. The van der Waals surface area contributed by atoms with E-state index in [1.54, 1.807) is 17.5 Å². The van der Waals surface area contributed by atoms with E-state index < -0.39 is 0 Å². The third kappa shape index (κ3) is 4.80. The van der Waals surface area contributed by atoms with Crippen molar-refractivity contribution in [3.8, 4) is 0 Å². The van der Waals surface area contributed by atoms with Crippen LogP contribution in [-0.2, 0) is 6.42 Å². The zero-order valence-corrected chi connectivity index (χ0v) is 20.5. The van der Waals surface area contributed by atoms with E-state index in [0.29, 0.717) is 12.1 Å². The zero-order chi connectivity index (χ0) is 22.8. The van der Waals surface area contributed by atoms with Crippen molar-refractivity contribution in [1.29, 1.82) is 0 Å². The highest BCUT2D eigenvalue weighted by molar-refractivity contribution is 7.17. The molecule has 2 fully saturated rings. The normalized spacial score (nSPS) is 21.9. The molecule has 0 saturated carbocycles. The standard InChI is InChI=1S/C26H35N5OS/c1-3-4-8-19(13-18-14-27-23-12-6-5-11-22(18)23)29-25(32)24-15-28-26(33-24)31-16-20-9-7-10-21(17-31)30(20)2/h5-6,11-12,14-15,19-21,27H,3-4,7-10,13,16-17H2,1-2H3,(H,29,32). The minimum Gasteiger partial charge on any atom is -0.361 e. The number of nitrogens with one attached hydrogen (secondary N) is 2.